The summed E-state index contributed by atoms with van der Waals surface area (Å²) in [5.74, 6) is -5.12. The second kappa shape index (κ2) is 8.25. The third-order valence-electron chi connectivity index (χ3n) is 5.75. The smallest absolute Gasteiger partial charge is 0.260 e. The summed E-state index contributed by atoms with van der Waals surface area (Å²) in [7, 11) is -4.04. The molecule has 0 unspecified atom stereocenters. The van der Waals surface area contributed by atoms with E-state index in [4.69, 9.17) is 5.73 Å². The first-order chi connectivity index (χ1) is 15.0. The van der Waals surface area contributed by atoms with Crippen molar-refractivity contribution < 1.29 is 22.0 Å². The summed E-state index contributed by atoms with van der Waals surface area (Å²) in [5.41, 5.74) is 8.90. The molecule has 4 rings (SSSR count). The molecule has 2 heterocycles. The second-order valence-corrected chi connectivity index (χ2v) is 10.3. The van der Waals surface area contributed by atoms with Crippen LogP contribution in [0.25, 0.3) is 22.0 Å². The number of hydrogen-bond donors (Lipinski definition) is 2. The van der Waals surface area contributed by atoms with E-state index in [-0.39, 0.29) is 19.0 Å². The van der Waals surface area contributed by atoms with Gasteiger partial charge in [-0.2, -0.15) is 5.10 Å². The molecular formula is C22H24F2N4O3S. The van der Waals surface area contributed by atoms with Crippen molar-refractivity contribution in [2.75, 3.05) is 18.8 Å². The number of fused-ring (bicyclic) bond motifs is 1. The van der Waals surface area contributed by atoms with Crippen LogP contribution in [0.3, 0.4) is 0 Å². The van der Waals surface area contributed by atoms with Gasteiger partial charge >= 0.3 is 0 Å². The standard InChI is InChI=1S/C22H24F2N4O3S/c1-22(23,24)13-32(30,31)28-9-7-15(8-10-28)19-17-11-16(14-5-3-2-4-6-14)12-18(21(25)29)20(17)27-26-19/h2-6,11-12,15H,7-10,13H2,1H3,(H2,25,29)(H,26,27). The molecule has 1 fully saturated rings. The van der Waals surface area contributed by atoms with Gasteiger partial charge in [-0.15, -0.1) is 0 Å². The second-order valence-electron chi connectivity index (χ2n) is 8.29. The summed E-state index contributed by atoms with van der Waals surface area (Å²) < 4.78 is 52.3. The number of H-pyrrole nitrogens is 1. The highest BCUT2D eigenvalue weighted by atomic mass is 32.2. The van der Waals surface area contributed by atoms with Crippen LogP contribution < -0.4 is 5.73 Å². The number of rotatable bonds is 6. The van der Waals surface area contributed by atoms with Crippen molar-refractivity contribution in [3.8, 4) is 11.1 Å². The predicted octanol–water partition coefficient (Wildman–Crippen LogP) is 3.49. The molecule has 7 nitrogen and oxygen atoms in total. The summed E-state index contributed by atoms with van der Waals surface area (Å²) in [4.78, 5) is 12.1. The van der Waals surface area contributed by atoms with E-state index >= 15 is 0 Å². The number of aromatic nitrogens is 2. The average molecular weight is 463 g/mol. The normalized spacial score (nSPS) is 16.5. The number of nitrogens with one attached hydrogen (secondary N) is 1. The zero-order valence-electron chi connectivity index (χ0n) is 17.5. The Labute approximate surface area is 184 Å². The highest BCUT2D eigenvalue weighted by Gasteiger charge is 2.36. The van der Waals surface area contributed by atoms with Crippen molar-refractivity contribution in [2.24, 2.45) is 5.73 Å². The molecule has 3 N–H and O–H groups in total. The minimum Gasteiger partial charge on any atom is -0.366 e. The minimum absolute atomic E-state index is 0.0552. The molecule has 0 bridgehead atoms. The van der Waals surface area contributed by atoms with Crippen LogP contribution in [0, 0.1) is 0 Å². The highest BCUT2D eigenvalue weighted by Crippen LogP contribution is 2.36. The lowest BCUT2D eigenvalue weighted by atomic mass is 9.90. The van der Waals surface area contributed by atoms with Gasteiger partial charge in [0.25, 0.3) is 11.8 Å². The number of alkyl halides is 2. The number of halogens is 2. The average Bonchev–Trinajstić information content (AvgIpc) is 3.16. The lowest BCUT2D eigenvalue weighted by molar-refractivity contribution is 0.0459. The number of carbonyl (C=O) groups excluding carboxylic acids is 1. The molecule has 2 aromatic carbocycles. The Morgan fingerprint density at radius 1 is 1.19 bits per heavy atom. The van der Waals surface area contributed by atoms with Crippen LogP contribution >= 0.6 is 0 Å². The molecule has 3 aromatic rings. The molecule has 1 aliphatic heterocycles. The maximum absolute atomic E-state index is 13.3. The molecule has 1 aromatic heterocycles. The van der Waals surface area contributed by atoms with Crippen molar-refractivity contribution in [3.05, 3.63) is 53.7 Å². The van der Waals surface area contributed by atoms with Gasteiger partial charge in [0, 0.05) is 37.0 Å². The summed E-state index contributed by atoms with van der Waals surface area (Å²) in [6.07, 6.45) is 0.903. The van der Waals surface area contributed by atoms with Crippen LogP contribution in [0.1, 0.15) is 41.7 Å². The Bertz CT molecular complexity index is 1250. The van der Waals surface area contributed by atoms with Gasteiger partial charge in [0.05, 0.1) is 5.56 Å². The number of nitrogens with zero attached hydrogens (tertiary/aromatic N) is 2. The topological polar surface area (TPSA) is 109 Å². The summed E-state index contributed by atoms with van der Waals surface area (Å²) >= 11 is 0. The van der Waals surface area contributed by atoms with Crippen molar-refractivity contribution in [1.82, 2.24) is 14.5 Å². The van der Waals surface area contributed by atoms with E-state index in [1.165, 1.54) is 0 Å². The van der Waals surface area contributed by atoms with E-state index < -0.39 is 27.6 Å². The monoisotopic (exact) mass is 462 g/mol. The lowest BCUT2D eigenvalue weighted by Crippen LogP contribution is -2.42. The summed E-state index contributed by atoms with van der Waals surface area (Å²) in [6.45, 7) is 0.893. The molecule has 1 saturated heterocycles. The van der Waals surface area contributed by atoms with E-state index in [0.717, 1.165) is 26.5 Å². The van der Waals surface area contributed by atoms with E-state index in [1.807, 2.05) is 36.4 Å². The number of piperidine rings is 1. The summed E-state index contributed by atoms with van der Waals surface area (Å²) in [6, 6.07) is 13.2. The Hall–Kier alpha value is -2.85. The SMILES string of the molecule is CC(F)(F)CS(=O)(=O)N1CCC(c2[nH]nc3c(C(N)=O)cc(-c4ccccc4)cc23)CC1. The maximum atomic E-state index is 13.3. The molecule has 170 valence electrons. The number of aromatic amines is 1. The number of amides is 1. The number of primary amides is 1. The number of carbonyl (C=O) groups is 1. The van der Waals surface area contributed by atoms with Crippen LogP contribution in [0.2, 0.25) is 0 Å². The largest absolute Gasteiger partial charge is 0.366 e. The van der Waals surface area contributed by atoms with Crippen LogP contribution in [-0.2, 0) is 10.0 Å². The number of nitrogens with two attached hydrogens (primary N) is 1. The Morgan fingerprint density at radius 3 is 2.44 bits per heavy atom. The zero-order chi connectivity index (χ0) is 23.1. The molecule has 10 heteroatoms. The first-order valence-corrected chi connectivity index (χ1v) is 11.9. The zero-order valence-corrected chi connectivity index (χ0v) is 18.3. The van der Waals surface area contributed by atoms with Crippen LogP contribution in [-0.4, -0.2) is 53.6 Å². The highest BCUT2D eigenvalue weighted by molar-refractivity contribution is 7.89. The number of sulfonamides is 1. The van der Waals surface area contributed by atoms with Gasteiger partial charge in [-0.05, 0) is 36.1 Å². The van der Waals surface area contributed by atoms with E-state index in [0.29, 0.717) is 30.8 Å². The van der Waals surface area contributed by atoms with Crippen LogP contribution in [0.4, 0.5) is 8.78 Å². The lowest BCUT2D eigenvalue weighted by Gasteiger charge is -2.31. The quantitative estimate of drug-likeness (QED) is 0.584. The first kappa shape index (κ1) is 22.3. The predicted molar refractivity (Wildman–Crippen MR) is 118 cm³/mol. The molecule has 0 radical (unpaired) electrons. The Balaban J connectivity index is 1.65. The maximum Gasteiger partial charge on any atom is 0.260 e. The Kier molecular flexibility index (Phi) is 5.76. The van der Waals surface area contributed by atoms with Gasteiger partial charge in [0.15, 0.2) is 0 Å². The molecule has 0 aliphatic carbocycles. The molecule has 0 atom stereocenters. The molecule has 32 heavy (non-hydrogen) atoms. The number of hydrogen-bond acceptors (Lipinski definition) is 4. The van der Waals surface area contributed by atoms with Crippen LogP contribution in [0.5, 0.6) is 0 Å². The third kappa shape index (κ3) is 4.51. The molecule has 0 spiro atoms. The van der Waals surface area contributed by atoms with Crippen molar-refractivity contribution in [2.45, 2.75) is 31.6 Å². The van der Waals surface area contributed by atoms with E-state index in [1.54, 1.807) is 6.07 Å². The van der Waals surface area contributed by atoms with Crippen LogP contribution in [0.15, 0.2) is 42.5 Å². The Morgan fingerprint density at radius 2 is 1.84 bits per heavy atom. The first-order valence-electron chi connectivity index (χ1n) is 10.3. The minimum atomic E-state index is -4.04. The van der Waals surface area contributed by atoms with Gasteiger partial charge in [0.1, 0.15) is 11.3 Å². The van der Waals surface area contributed by atoms with Gasteiger partial charge in [-0.25, -0.2) is 21.5 Å². The van der Waals surface area contributed by atoms with Crippen molar-refractivity contribution in [1.29, 1.82) is 0 Å². The van der Waals surface area contributed by atoms with Gasteiger partial charge < -0.3 is 5.73 Å². The third-order valence-corrected chi connectivity index (χ3v) is 7.78. The molecule has 1 amide bonds. The van der Waals surface area contributed by atoms with E-state index in [2.05, 4.69) is 10.2 Å². The summed E-state index contributed by atoms with van der Waals surface area (Å²) in [5, 5.41) is 8.06. The van der Waals surface area contributed by atoms with Gasteiger partial charge in [0.2, 0.25) is 10.0 Å². The number of benzene rings is 2. The molecule has 0 saturated carbocycles. The fourth-order valence-corrected chi connectivity index (χ4v) is 5.86. The fraction of sp³-hybridized carbons (Fsp3) is 0.364. The molecular weight excluding hydrogens is 438 g/mol. The molecule has 1 aliphatic rings. The van der Waals surface area contributed by atoms with Gasteiger partial charge in [-0.1, -0.05) is 30.3 Å². The van der Waals surface area contributed by atoms with Gasteiger partial charge in [-0.3, -0.25) is 9.89 Å². The van der Waals surface area contributed by atoms with Crippen molar-refractivity contribution >= 4 is 26.8 Å². The van der Waals surface area contributed by atoms with E-state index in [9.17, 15) is 22.0 Å². The van der Waals surface area contributed by atoms with Crippen molar-refractivity contribution in [3.63, 3.8) is 0 Å². The fourth-order valence-electron chi connectivity index (χ4n) is 4.27.